The van der Waals surface area contributed by atoms with Gasteiger partial charge in [0, 0.05) is 5.41 Å². The summed E-state index contributed by atoms with van der Waals surface area (Å²) in [5.74, 6) is 0.332. The summed E-state index contributed by atoms with van der Waals surface area (Å²) in [6, 6.07) is -0.116. The van der Waals surface area contributed by atoms with Crippen LogP contribution in [0.2, 0.25) is 0 Å². The van der Waals surface area contributed by atoms with Crippen LogP contribution in [-0.2, 0) is 14.8 Å². The van der Waals surface area contributed by atoms with E-state index in [9.17, 15) is 13.2 Å². The van der Waals surface area contributed by atoms with Gasteiger partial charge in [-0.25, -0.2) is 12.7 Å². The van der Waals surface area contributed by atoms with Crippen LogP contribution in [0.4, 0.5) is 0 Å². The largest absolute Gasteiger partial charge is 0.269 e. The summed E-state index contributed by atoms with van der Waals surface area (Å²) in [4.78, 5) is 12.1. The van der Waals surface area contributed by atoms with E-state index in [1.165, 1.54) is 10.4 Å². The Balaban J connectivity index is 2.09. The lowest BCUT2D eigenvalue weighted by atomic mass is 9.69. The molecule has 2 saturated carbocycles. The van der Waals surface area contributed by atoms with Crippen molar-refractivity contribution >= 4 is 15.9 Å². The fourth-order valence-corrected chi connectivity index (χ4v) is 7.30. The Kier molecular flexibility index (Phi) is 2.51. The van der Waals surface area contributed by atoms with Crippen molar-refractivity contribution in [3.05, 3.63) is 12.2 Å². The highest BCUT2D eigenvalue weighted by atomic mass is 32.2. The first-order valence-electron chi connectivity index (χ1n) is 6.95. The third-order valence-electron chi connectivity index (χ3n) is 5.94. The third-order valence-corrected chi connectivity index (χ3v) is 7.85. The summed E-state index contributed by atoms with van der Waals surface area (Å²) in [5.41, 5.74) is -0.191. The fourth-order valence-electron chi connectivity index (χ4n) is 4.80. The van der Waals surface area contributed by atoms with Crippen LogP contribution in [0.3, 0.4) is 0 Å². The van der Waals surface area contributed by atoms with E-state index in [0.29, 0.717) is 5.92 Å². The lowest BCUT2D eigenvalue weighted by molar-refractivity contribution is -0.124. The van der Waals surface area contributed by atoms with E-state index in [1.54, 1.807) is 13.0 Å². The van der Waals surface area contributed by atoms with Gasteiger partial charge in [-0.2, -0.15) is 0 Å². The first-order valence-corrected chi connectivity index (χ1v) is 8.56. The van der Waals surface area contributed by atoms with Crippen LogP contribution in [0.25, 0.3) is 0 Å². The topological polar surface area (TPSA) is 54.5 Å². The number of amides is 1. The molecule has 0 aromatic carbocycles. The Morgan fingerprint density at radius 1 is 1.37 bits per heavy atom. The van der Waals surface area contributed by atoms with Gasteiger partial charge in [0.25, 0.3) is 5.91 Å². The minimum absolute atomic E-state index is 0.0235. The highest BCUT2D eigenvalue weighted by molar-refractivity contribution is 7.90. The molecule has 3 atom stereocenters. The van der Waals surface area contributed by atoms with Crippen molar-refractivity contribution in [3.63, 3.8) is 0 Å². The van der Waals surface area contributed by atoms with Gasteiger partial charge < -0.3 is 0 Å². The summed E-state index contributed by atoms with van der Waals surface area (Å²) in [6.45, 7) is 6.11. The third kappa shape index (κ3) is 1.40. The monoisotopic (exact) mass is 283 g/mol. The number of nitrogens with zero attached hydrogens (tertiary/aromatic N) is 1. The van der Waals surface area contributed by atoms with Gasteiger partial charge in [-0.3, -0.25) is 4.79 Å². The van der Waals surface area contributed by atoms with Crippen LogP contribution < -0.4 is 0 Å². The maximum atomic E-state index is 12.4. The first kappa shape index (κ1) is 13.2. The molecule has 2 bridgehead atoms. The number of rotatable bonds is 1. The second-order valence-electron chi connectivity index (χ2n) is 6.76. The van der Waals surface area contributed by atoms with Crippen molar-refractivity contribution < 1.29 is 13.2 Å². The number of hydrogen-bond acceptors (Lipinski definition) is 3. The molecule has 2 aliphatic carbocycles. The predicted molar refractivity (Wildman–Crippen MR) is 72.8 cm³/mol. The van der Waals surface area contributed by atoms with Gasteiger partial charge in [0.05, 0.1) is 11.8 Å². The number of carbonyl (C=O) groups is 1. The molecule has 0 N–H and O–H groups in total. The van der Waals surface area contributed by atoms with Crippen molar-refractivity contribution in [1.29, 1.82) is 0 Å². The van der Waals surface area contributed by atoms with Crippen LogP contribution in [-0.4, -0.2) is 30.4 Å². The summed E-state index contributed by atoms with van der Waals surface area (Å²) < 4.78 is 26.1. The summed E-state index contributed by atoms with van der Waals surface area (Å²) in [5, 5.41) is 0. The van der Waals surface area contributed by atoms with Gasteiger partial charge in [0.1, 0.15) is 0 Å². The van der Waals surface area contributed by atoms with Gasteiger partial charge in [-0.05, 0) is 43.6 Å². The Hall–Kier alpha value is -0.840. The molecule has 0 unspecified atom stereocenters. The van der Waals surface area contributed by atoms with E-state index in [4.69, 9.17) is 0 Å². The summed E-state index contributed by atoms with van der Waals surface area (Å²) >= 11 is 0. The van der Waals surface area contributed by atoms with Crippen LogP contribution in [0.1, 0.15) is 40.0 Å². The zero-order valence-electron chi connectivity index (χ0n) is 11.7. The van der Waals surface area contributed by atoms with E-state index in [2.05, 4.69) is 13.8 Å². The van der Waals surface area contributed by atoms with E-state index in [0.717, 1.165) is 19.3 Å². The molecule has 0 aromatic heterocycles. The van der Waals surface area contributed by atoms with Crippen molar-refractivity contribution in [2.75, 3.05) is 5.75 Å². The first-order chi connectivity index (χ1) is 8.76. The highest BCUT2D eigenvalue weighted by Crippen LogP contribution is 2.69. The molecular weight excluding hydrogens is 262 g/mol. The summed E-state index contributed by atoms with van der Waals surface area (Å²) in [7, 11) is -3.45. The van der Waals surface area contributed by atoms with Crippen molar-refractivity contribution in [3.8, 4) is 0 Å². The number of carbonyl (C=O) groups excluding carboxylic acids is 1. The molecule has 1 heterocycles. The van der Waals surface area contributed by atoms with E-state index >= 15 is 0 Å². The molecule has 3 rings (SSSR count). The van der Waals surface area contributed by atoms with Gasteiger partial charge >= 0.3 is 0 Å². The SMILES string of the molecule is C/C=C\C(=O)N1[C@@H]2C[C@H]3CC[C@]2(CS1(=O)=O)C3(C)C. The lowest BCUT2D eigenvalue weighted by Crippen LogP contribution is -2.43. The Morgan fingerprint density at radius 3 is 2.63 bits per heavy atom. The Bertz CT molecular complexity index is 563. The zero-order valence-corrected chi connectivity index (χ0v) is 12.5. The van der Waals surface area contributed by atoms with Gasteiger partial charge in [0.2, 0.25) is 10.0 Å². The van der Waals surface area contributed by atoms with Crippen LogP contribution in [0, 0.1) is 16.7 Å². The number of allylic oxidation sites excluding steroid dienone is 1. The standard InChI is InChI=1S/C14H21NO3S/c1-4-5-12(16)15-11-8-10-6-7-14(11,13(10,2)3)9-19(15,17)18/h4-5,10-11H,6-9H2,1-3H3/b5-4-/t10-,11-,14-/m1/s1. The molecular formula is C14H21NO3S. The molecule has 1 aliphatic heterocycles. The van der Waals surface area contributed by atoms with E-state index in [1.807, 2.05) is 0 Å². The molecule has 1 saturated heterocycles. The van der Waals surface area contributed by atoms with Crippen LogP contribution in [0.15, 0.2) is 12.2 Å². The minimum Gasteiger partial charge on any atom is -0.269 e. The normalized spacial score (nSPS) is 41.9. The number of fused-ring (bicyclic) bond motifs is 1. The van der Waals surface area contributed by atoms with Gasteiger partial charge in [0.15, 0.2) is 0 Å². The minimum atomic E-state index is -3.45. The lowest BCUT2D eigenvalue weighted by Gasteiger charge is -2.36. The van der Waals surface area contributed by atoms with Crippen molar-refractivity contribution in [2.24, 2.45) is 16.7 Å². The molecule has 1 amide bonds. The molecule has 0 radical (unpaired) electrons. The molecule has 19 heavy (non-hydrogen) atoms. The zero-order chi connectivity index (χ0) is 14.1. The fraction of sp³-hybridized carbons (Fsp3) is 0.786. The van der Waals surface area contributed by atoms with E-state index in [-0.39, 0.29) is 28.5 Å². The van der Waals surface area contributed by atoms with Gasteiger partial charge in [-0.1, -0.05) is 19.9 Å². The number of sulfonamides is 1. The quantitative estimate of drug-likeness (QED) is 0.691. The molecule has 5 heteroatoms. The molecule has 3 fully saturated rings. The van der Waals surface area contributed by atoms with Crippen LogP contribution >= 0.6 is 0 Å². The molecule has 106 valence electrons. The average molecular weight is 283 g/mol. The second-order valence-corrected chi connectivity index (χ2v) is 8.60. The smallest absolute Gasteiger partial charge is 0.259 e. The van der Waals surface area contributed by atoms with Crippen LogP contribution in [0.5, 0.6) is 0 Å². The number of hydrogen-bond donors (Lipinski definition) is 0. The highest BCUT2D eigenvalue weighted by Gasteiger charge is 2.72. The maximum absolute atomic E-state index is 12.4. The molecule has 4 nitrogen and oxygen atoms in total. The van der Waals surface area contributed by atoms with Crippen molar-refractivity contribution in [1.82, 2.24) is 4.31 Å². The molecule has 3 aliphatic rings. The maximum Gasteiger partial charge on any atom is 0.259 e. The molecule has 0 aromatic rings. The van der Waals surface area contributed by atoms with Gasteiger partial charge in [-0.15, -0.1) is 0 Å². The predicted octanol–water partition coefficient (Wildman–Crippen LogP) is 1.93. The summed E-state index contributed by atoms with van der Waals surface area (Å²) in [6.07, 6.45) is 5.87. The Labute approximate surface area is 114 Å². The average Bonchev–Trinajstić information content (AvgIpc) is 2.75. The van der Waals surface area contributed by atoms with Crippen molar-refractivity contribution in [2.45, 2.75) is 46.1 Å². The van der Waals surface area contributed by atoms with E-state index < -0.39 is 10.0 Å². The second kappa shape index (κ2) is 3.62. The Morgan fingerprint density at radius 2 is 2.05 bits per heavy atom. The molecule has 1 spiro atoms.